The van der Waals surface area contributed by atoms with Crippen molar-refractivity contribution in [1.29, 1.82) is 0 Å². The predicted molar refractivity (Wildman–Crippen MR) is 123 cm³/mol. The van der Waals surface area contributed by atoms with Crippen LogP contribution in [0.1, 0.15) is 28.0 Å². The number of hydrogen-bond acceptors (Lipinski definition) is 9. The van der Waals surface area contributed by atoms with Crippen molar-refractivity contribution in [1.82, 2.24) is 20.2 Å². The van der Waals surface area contributed by atoms with Crippen LogP contribution in [0.15, 0.2) is 36.4 Å². The molecule has 0 fully saturated rings. The zero-order valence-corrected chi connectivity index (χ0v) is 18.3. The van der Waals surface area contributed by atoms with Gasteiger partial charge in [0.25, 0.3) is 0 Å². The number of anilines is 4. The Bertz CT molecular complexity index is 1340. The minimum atomic E-state index is -1.06. The van der Waals surface area contributed by atoms with Crippen molar-refractivity contribution in [3.05, 3.63) is 53.2 Å². The first-order valence-electron chi connectivity index (χ1n) is 10.1. The third kappa shape index (κ3) is 3.58. The standard InChI is InChI=1S/C22H20N6O3S/c1-12-14-5-4-10-28(18-7-3-6-15(23-18)21(29)30)20(14)27-26-19(12)25-22-24-16-11-13(31-2)8-9-17(16)32-22/h3,6-9,11H,4-5,10H2,1-2H3,(H,29,30)(H,24,25,26). The number of ether oxygens (including phenoxy) is 1. The van der Waals surface area contributed by atoms with Gasteiger partial charge >= 0.3 is 5.97 Å². The van der Waals surface area contributed by atoms with Crippen molar-refractivity contribution >= 4 is 50.1 Å². The van der Waals surface area contributed by atoms with Crippen LogP contribution in [-0.2, 0) is 6.42 Å². The first-order chi connectivity index (χ1) is 15.5. The van der Waals surface area contributed by atoms with E-state index < -0.39 is 5.97 Å². The number of thiazole rings is 1. The molecule has 0 radical (unpaired) electrons. The smallest absolute Gasteiger partial charge is 0.354 e. The molecule has 4 heterocycles. The fourth-order valence-corrected chi connectivity index (χ4v) is 4.65. The topological polar surface area (TPSA) is 113 Å². The molecule has 0 bridgehead atoms. The van der Waals surface area contributed by atoms with Crippen molar-refractivity contribution < 1.29 is 14.6 Å². The number of aromatic nitrogens is 4. The lowest BCUT2D eigenvalue weighted by molar-refractivity contribution is 0.0690. The van der Waals surface area contributed by atoms with Gasteiger partial charge in [0.1, 0.15) is 11.6 Å². The van der Waals surface area contributed by atoms with E-state index in [1.807, 2.05) is 30.0 Å². The summed E-state index contributed by atoms with van der Waals surface area (Å²) in [6.07, 6.45) is 1.76. The summed E-state index contributed by atoms with van der Waals surface area (Å²) in [7, 11) is 1.63. The molecule has 0 atom stereocenters. The Kier molecular flexibility index (Phi) is 5.06. The molecule has 10 heteroatoms. The highest BCUT2D eigenvalue weighted by Crippen LogP contribution is 2.36. The van der Waals surface area contributed by atoms with Crippen molar-refractivity contribution in [2.45, 2.75) is 19.8 Å². The van der Waals surface area contributed by atoms with Crippen LogP contribution < -0.4 is 15.0 Å². The number of carbonyl (C=O) groups is 1. The molecule has 1 aliphatic heterocycles. The Morgan fingerprint density at radius 1 is 1.22 bits per heavy atom. The number of nitrogens with one attached hydrogen (secondary N) is 1. The van der Waals surface area contributed by atoms with Gasteiger partial charge in [-0.15, -0.1) is 10.2 Å². The van der Waals surface area contributed by atoms with Crippen LogP contribution in [0.2, 0.25) is 0 Å². The molecule has 162 valence electrons. The van der Waals surface area contributed by atoms with Crippen LogP contribution in [0.25, 0.3) is 10.2 Å². The third-order valence-corrected chi connectivity index (χ3v) is 6.39. The molecule has 32 heavy (non-hydrogen) atoms. The zero-order chi connectivity index (χ0) is 22.2. The van der Waals surface area contributed by atoms with Crippen LogP contribution >= 0.6 is 11.3 Å². The number of rotatable bonds is 5. The van der Waals surface area contributed by atoms with E-state index in [1.165, 1.54) is 17.4 Å². The van der Waals surface area contributed by atoms with Gasteiger partial charge in [-0.05, 0) is 44.0 Å². The lowest BCUT2D eigenvalue weighted by Gasteiger charge is -2.30. The van der Waals surface area contributed by atoms with Crippen molar-refractivity contribution in [2.24, 2.45) is 0 Å². The number of methoxy groups -OCH3 is 1. The first kappa shape index (κ1) is 20.1. The lowest BCUT2D eigenvalue weighted by atomic mass is 10.0. The number of benzene rings is 1. The second kappa shape index (κ2) is 8.04. The van der Waals surface area contributed by atoms with Gasteiger partial charge in [-0.3, -0.25) is 0 Å². The lowest BCUT2D eigenvalue weighted by Crippen LogP contribution is -2.28. The van der Waals surface area contributed by atoms with Gasteiger partial charge in [0.15, 0.2) is 22.5 Å². The highest BCUT2D eigenvalue weighted by atomic mass is 32.1. The quantitative estimate of drug-likeness (QED) is 0.460. The average molecular weight is 449 g/mol. The summed E-state index contributed by atoms with van der Waals surface area (Å²) in [5.74, 6) is 1.63. The van der Waals surface area contributed by atoms with Crippen molar-refractivity contribution in [2.75, 3.05) is 23.9 Å². The molecule has 3 aromatic heterocycles. The van der Waals surface area contributed by atoms with Gasteiger partial charge in [0, 0.05) is 23.7 Å². The van der Waals surface area contributed by atoms with Gasteiger partial charge in [-0.2, -0.15) is 0 Å². The second-order valence-electron chi connectivity index (χ2n) is 7.39. The van der Waals surface area contributed by atoms with Crippen molar-refractivity contribution in [3.63, 3.8) is 0 Å². The number of hydrogen-bond donors (Lipinski definition) is 2. The van der Waals surface area contributed by atoms with Gasteiger partial charge in [0.2, 0.25) is 0 Å². The molecule has 0 saturated carbocycles. The number of carboxylic acids is 1. The van der Waals surface area contributed by atoms with E-state index in [-0.39, 0.29) is 5.69 Å². The average Bonchev–Trinajstić information content (AvgIpc) is 3.22. The van der Waals surface area contributed by atoms with E-state index in [1.54, 1.807) is 19.2 Å². The summed E-state index contributed by atoms with van der Waals surface area (Å²) in [5.41, 5.74) is 2.92. The molecule has 5 rings (SSSR count). The molecule has 2 N–H and O–H groups in total. The van der Waals surface area contributed by atoms with E-state index in [9.17, 15) is 9.90 Å². The van der Waals surface area contributed by atoms with E-state index in [4.69, 9.17) is 4.74 Å². The highest BCUT2D eigenvalue weighted by Gasteiger charge is 2.25. The summed E-state index contributed by atoms with van der Waals surface area (Å²) < 4.78 is 6.33. The molecular weight excluding hydrogens is 428 g/mol. The number of fused-ring (bicyclic) bond motifs is 2. The molecular formula is C22H20N6O3S. The summed E-state index contributed by atoms with van der Waals surface area (Å²) in [6, 6.07) is 10.8. The van der Waals surface area contributed by atoms with E-state index >= 15 is 0 Å². The SMILES string of the molecule is COc1ccc2sc(Nc3nnc4c(c3C)CCCN4c3cccc(C(=O)O)n3)nc2c1. The zero-order valence-electron chi connectivity index (χ0n) is 17.5. The molecule has 0 amide bonds. The van der Waals surface area contributed by atoms with Gasteiger partial charge in [-0.25, -0.2) is 14.8 Å². The molecule has 9 nitrogen and oxygen atoms in total. The van der Waals surface area contributed by atoms with Crippen molar-refractivity contribution in [3.8, 4) is 5.75 Å². The van der Waals surface area contributed by atoms with Crippen LogP contribution in [0.4, 0.5) is 22.6 Å². The molecule has 1 aromatic carbocycles. The Morgan fingerprint density at radius 3 is 2.91 bits per heavy atom. The summed E-state index contributed by atoms with van der Waals surface area (Å²) in [6.45, 7) is 2.71. The Morgan fingerprint density at radius 2 is 2.09 bits per heavy atom. The van der Waals surface area contributed by atoms with E-state index in [2.05, 4.69) is 25.5 Å². The van der Waals surface area contributed by atoms with Crippen LogP contribution in [0, 0.1) is 6.92 Å². The van der Waals surface area contributed by atoms with E-state index in [0.717, 1.165) is 45.1 Å². The Hall–Kier alpha value is -3.79. The maximum atomic E-state index is 11.3. The number of pyridine rings is 1. The Balaban J connectivity index is 1.47. The summed E-state index contributed by atoms with van der Waals surface area (Å²) in [4.78, 5) is 22.2. The number of nitrogens with zero attached hydrogens (tertiary/aromatic N) is 5. The van der Waals surface area contributed by atoms with Crippen LogP contribution in [0.5, 0.6) is 5.75 Å². The highest BCUT2D eigenvalue weighted by molar-refractivity contribution is 7.22. The fourth-order valence-electron chi connectivity index (χ4n) is 3.80. The molecule has 0 unspecified atom stereocenters. The van der Waals surface area contributed by atoms with Crippen LogP contribution in [0.3, 0.4) is 0 Å². The van der Waals surface area contributed by atoms with Gasteiger partial charge < -0.3 is 20.1 Å². The summed E-state index contributed by atoms with van der Waals surface area (Å²) in [5, 5.41) is 22.2. The monoisotopic (exact) mass is 448 g/mol. The van der Waals surface area contributed by atoms with Crippen LogP contribution in [-0.4, -0.2) is 44.9 Å². The maximum Gasteiger partial charge on any atom is 0.354 e. The maximum absolute atomic E-state index is 11.3. The third-order valence-electron chi connectivity index (χ3n) is 5.44. The number of carboxylic acid groups (broad SMARTS) is 1. The second-order valence-corrected chi connectivity index (χ2v) is 8.43. The summed E-state index contributed by atoms with van der Waals surface area (Å²) >= 11 is 1.54. The molecule has 0 saturated heterocycles. The van der Waals surface area contributed by atoms with E-state index in [0.29, 0.717) is 24.0 Å². The van der Waals surface area contributed by atoms with Gasteiger partial charge in [0.05, 0.1) is 17.3 Å². The molecule has 0 aliphatic carbocycles. The molecule has 4 aromatic rings. The number of aromatic carboxylic acids is 1. The molecule has 1 aliphatic rings. The normalized spacial score (nSPS) is 13.1. The molecule has 0 spiro atoms. The predicted octanol–water partition coefficient (Wildman–Crippen LogP) is 4.32. The minimum Gasteiger partial charge on any atom is -0.497 e. The Labute approximate surface area is 187 Å². The largest absolute Gasteiger partial charge is 0.497 e. The van der Waals surface area contributed by atoms with Gasteiger partial charge in [-0.1, -0.05) is 17.4 Å². The fraction of sp³-hybridized carbons (Fsp3) is 0.227. The minimum absolute atomic E-state index is 0.00468. The first-order valence-corrected chi connectivity index (χ1v) is 10.9.